The molecule has 0 atom stereocenters. The number of hydrogen-bond acceptors (Lipinski definition) is 3. The fraction of sp³-hybridized carbons (Fsp3) is 0.174. The average molecular weight is 385 g/mol. The van der Waals surface area contributed by atoms with Gasteiger partial charge in [0, 0.05) is 28.3 Å². The normalized spacial score (nSPS) is 11.8. The minimum Gasteiger partial charge on any atom is -0.376 e. The quantitative estimate of drug-likeness (QED) is 0.361. The molecule has 0 saturated heterocycles. The summed E-state index contributed by atoms with van der Waals surface area (Å²) < 4.78 is 1.73. The van der Waals surface area contributed by atoms with E-state index in [1.807, 2.05) is 54.6 Å². The van der Waals surface area contributed by atoms with E-state index >= 15 is 0 Å². The van der Waals surface area contributed by atoms with Crippen molar-refractivity contribution in [1.29, 1.82) is 0 Å². The predicted molar refractivity (Wildman–Crippen MR) is 120 cm³/mol. The van der Waals surface area contributed by atoms with Gasteiger partial charge in [-0.2, -0.15) is 0 Å². The van der Waals surface area contributed by atoms with Gasteiger partial charge in [0.25, 0.3) is 5.56 Å². The Labute approximate surface area is 167 Å². The number of hydrogen-bond donors (Lipinski definition) is 1. The maximum atomic E-state index is 13.2. The fourth-order valence-electron chi connectivity index (χ4n) is 3.91. The third kappa shape index (κ3) is 2.47. The number of unbranched alkanes of at least 4 members (excludes halogenated alkanes) is 1. The first-order chi connectivity index (χ1) is 13.7. The van der Waals surface area contributed by atoms with E-state index in [0.29, 0.717) is 5.65 Å². The standard InChI is InChI=1S/C23H19N3OS/c1-2-3-12-24-22(28)15-10-11-19-18(13-15)25-21-16-8-4-6-14-7-5-9-17(20(14)16)23(27)26(19)21/h4-11,13H,2-3,12H2,1H3,(H,24,28). The number of fused-ring (bicyclic) bond motifs is 4. The Kier molecular flexibility index (Phi) is 3.98. The fourth-order valence-corrected chi connectivity index (χ4v) is 4.14. The van der Waals surface area contributed by atoms with E-state index in [2.05, 4.69) is 12.2 Å². The van der Waals surface area contributed by atoms with Crippen LogP contribution < -0.4 is 10.9 Å². The maximum absolute atomic E-state index is 13.2. The van der Waals surface area contributed by atoms with Gasteiger partial charge in [0.15, 0.2) is 0 Å². The van der Waals surface area contributed by atoms with Crippen molar-refractivity contribution in [2.24, 2.45) is 0 Å². The topological polar surface area (TPSA) is 46.4 Å². The van der Waals surface area contributed by atoms with Crippen molar-refractivity contribution >= 4 is 55.4 Å². The van der Waals surface area contributed by atoms with Gasteiger partial charge in [-0.1, -0.05) is 55.9 Å². The first-order valence-electron chi connectivity index (χ1n) is 9.56. The summed E-state index contributed by atoms with van der Waals surface area (Å²) in [4.78, 5) is 18.8. The lowest BCUT2D eigenvalue weighted by atomic mass is 10.0. The molecule has 0 fully saturated rings. The van der Waals surface area contributed by atoms with E-state index < -0.39 is 0 Å². The highest BCUT2D eigenvalue weighted by Gasteiger charge is 2.16. The molecule has 0 aliphatic heterocycles. The van der Waals surface area contributed by atoms with Crippen LogP contribution in [-0.4, -0.2) is 20.9 Å². The van der Waals surface area contributed by atoms with Crippen molar-refractivity contribution in [3.63, 3.8) is 0 Å². The molecule has 5 heteroatoms. The molecule has 0 spiro atoms. The van der Waals surface area contributed by atoms with Crippen LogP contribution in [0.2, 0.25) is 0 Å². The summed E-state index contributed by atoms with van der Waals surface area (Å²) in [5, 5.41) is 7.05. The summed E-state index contributed by atoms with van der Waals surface area (Å²) in [7, 11) is 0. The lowest BCUT2D eigenvalue weighted by Crippen LogP contribution is -2.23. The van der Waals surface area contributed by atoms with Crippen molar-refractivity contribution in [2.45, 2.75) is 19.8 Å². The summed E-state index contributed by atoms with van der Waals surface area (Å²) in [5.74, 6) is 0. The molecule has 3 aromatic carbocycles. The molecule has 5 aromatic rings. The summed E-state index contributed by atoms with van der Waals surface area (Å²) in [6.45, 7) is 3.02. The Morgan fingerprint density at radius 2 is 1.89 bits per heavy atom. The molecule has 138 valence electrons. The van der Waals surface area contributed by atoms with E-state index in [-0.39, 0.29) is 5.56 Å². The van der Waals surface area contributed by atoms with Crippen LogP contribution in [0.25, 0.3) is 38.2 Å². The van der Waals surface area contributed by atoms with Crippen molar-refractivity contribution in [1.82, 2.24) is 14.7 Å². The molecule has 5 rings (SSSR count). The molecule has 2 aromatic heterocycles. The molecule has 0 unspecified atom stereocenters. The van der Waals surface area contributed by atoms with E-state index in [9.17, 15) is 4.79 Å². The number of thiocarbonyl (C=S) groups is 1. The zero-order valence-corrected chi connectivity index (χ0v) is 16.3. The van der Waals surface area contributed by atoms with Crippen molar-refractivity contribution < 1.29 is 0 Å². The number of rotatable bonds is 4. The zero-order chi connectivity index (χ0) is 19.3. The monoisotopic (exact) mass is 385 g/mol. The van der Waals surface area contributed by atoms with E-state index in [1.54, 1.807) is 4.40 Å². The van der Waals surface area contributed by atoms with Crippen LogP contribution >= 0.6 is 12.2 Å². The second kappa shape index (κ2) is 6.53. The van der Waals surface area contributed by atoms with Crippen molar-refractivity contribution in [2.75, 3.05) is 6.54 Å². The van der Waals surface area contributed by atoms with Crippen molar-refractivity contribution in [3.8, 4) is 0 Å². The Morgan fingerprint density at radius 3 is 2.68 bits per heavy atom. The molecule has 0 aliphatic carbocycles. The highest BCUT2D eigenvalue weighted by Crippen LogP contribution is 2.29. The minimum atomic E-state index is -0.0294. The van der Waals surface area contributed by atoms with Crippen LogP contribution in [-0.2, 0) is 0 Å². The lowest BCUT2D eigenvalue weighted by molar-refractivity contribution is 0.759. The van der Waals surface area contributed by atoms with Gasteiger partial charge in [-0.3, -0.25) is 9.20 Å². The van der Waals surface area contributed by atoms with Gasteiger partial charge in [-0.15, -0.1) is 0 Å². The van der Waals surface area contributed by atoms with E-state index in [4.69, 9.17) is 17.2 Å². The highest BCUT2D eigenvalue weighted by atomic mass is 32.1. The number of nitrogens with one attached hydrogen (secondary N) is 1. The molecule has 28 heavy (non-hydrogen) atoms. The largest absolute Gasteiger partial charge is 0.376 e. The maximum Gasteiger partial charge on any atom is 0.264 e. The molecule has 0 aliphatic rings. The smallest absolute Gasteiger partial charge is 0.264 e. The molecular formula is C23H19N3OS. The molecular weight excluding hydrogens is 366 g/mol. The van der Waals surface area contributed by atoms with E-state index in [1.165, 1.54) is 0 Å². The third-order valence-electron chi connectivity index (χ3n) is 5.31. The van der Waals surface area contributed by atoms with Crippen LogP contribution in [0, 0.1) is 0 Å². The molecule has 0 bridgehead atoms. The van der Waals surface area contributed by atoms with Crippen LogP contribution in [0.3, 0.4) is 0 Å². The number of aromatic nitrogens is 2. The Balaban J connectivity index is 1.77. The third-order valence-corrected chi connectivity index (χ3v) is 5.69. The summed E-state index contributed by atoms with van der Waals surface area (Å²) >= 11 is 5.52. The molecule has 1 N–H and O–H groups in total. The molecule has 0 radical (unpaired) electrons. The molecule has 0 amide bonds. The SMILES string of the molecule is CCCCNC(=S)c1ccc2c(c1)nc1c3cccc4cccc(c(=O)n21)c43. The van der Waals surface area contributed by atoms with Crippen molar-refractivity contribution in [3.05, 3.63) is 70.5 Å². The summed E-state index contributed by atoms with van der Waals surface area (Å²) in [6.07, 6.45) is 2.20. The Bertz CT molecular complexity index is 1420. The minimum absolute atomic E-state index is 0.0294. The van der Waals surface area contributed by atoms with Gasteiger partial charge in [0.1, 0.15) is 10.6 Å². The average Bonchev–Trinajstić information content (AvgIpc) is 3.11. The van der Waals surface area contributed by atoms with E-state index in [0.717, 1.165) is 62.5 Å². The number of pyridine rings is 1. The van der Waals surface area contributed by atoms with Gasteiger partial charge in [0.2, 0.25) is 0 Å². The zero-order valence-electron chi connectivity index (χ0n) is 15.5. The second-order valence-electron chi connectivity index (χ2n) is 7.10. The Morgan fingerprint density at radius 1 is 1.11 bits per heavy atom. The van der Waals surface area contributed by atoms with Gasteiger partial charge in [0.05, 0.1) is 11.0 Å². The van der Waals surface area contributed by atoms with Crippen LogP contribution in [0.5, 0.6) is 0 Å². The molecule has 2 heterocycles. The summed E-state index contributed by atoms with van der Waals surface area (Å²) in [5.41, 5.74) is 3.19. The number of benzene rings is 3. The van der Waals surface area contributed by atoms with Crippen LogP contribution in [0.15, 0.2) is 59.4 Å². The molecule has 0 saturated carbocycles. The summed E-state index contributed by atoms with van der Waals surface area (Å²) in [6, 6.07) is 17.8. The van der Waals surface area contributed by atoms with Gasteiger partial charge < -0.3 is 5.32 Å². The first-order valence-corrected chi connectivity index (χ1v) is 9.97. The van der Waals surface area contributed by atoms with Gasteiger partial charge >= 0.3 is 0 Å². The highest BCUT2D eigenvalue weighted by molar-refractivity contribution is 7.80. The van der Waals surface area contributed by atoms with Crippen LogP contribution in [0.1, 0.15) is 25.3 Å². The van der Waals surface area contributed by atoms with Gasteiger partial charge in [-0.05, 0) is 36.1 Å². The van der Waals surface area contributed by atoms with Gasteiger partial charge in [-0.25, -0.2) is 4.98 Å². The Hall–Kier alpha value is -3.05. The second-order valence-corrected chi connectivity index (χ2v) is 7.51. The molecule has 4 nitrogen and oxygen atoms in total. The lowest BCUT2D eigenvalue weighted by Gasteiger charge is -2.07. The first kappa shape index (κ1) is 17.1. The predicted octanol–water partition coefficient (Wildman–Crippen LogP) is 4.66. The van der Waals surface area contributed by atoms with Crippen LogP contribution in [0.4, 0.5) is 0 Å². The number of imidazole rings is 1. The number of nitrogens with zero attached hydrogens (tertiary/aromatic N) is 2.